The second-order valence-electron chi connectivity index (χ2n) is 7.51. The average Bonchev–Trinajstić information content (AvgIpc) is 3.19. The second-order valence-corrected chi connectivity index (χ2v) is 8.45. The fourth-order valence-electron chi connectivity index (χ4n) is 3.60. The van der Waals surface area contributed by atoms with Gasteiger partial charge in [0.05, 0.1) is 11.4 Å². The summed E-state index contributed by atoms with van der Waals surface area (Å²) in [6.45, 7) is 5.96. The standard InChI is InChI=1S/C23H26N4OS/c1-17-11-12-20(15-18(17)2)27-22(19-9-5-3-6-10-19)24-25-23(27)29-16-21(28)26-13-7-4-8-14-26/h3,5-6,9-12,15H,4,7-8,13-14,16H2,1-2H3. The summed E-state index contributed by atoms with van der Waals surface area (Å²) < 4.78 is 2.07. The Bertz CT molecular complexity index is 993. The minimum Gasteiger partial charge on any atom is -0.342 e. The summed E-state index contributed by atoms with van der Waals surface area (Å²) in [6.07, 6.45) is 3.43. The molecule has 1 amide bonds. The molecule has 0 atom stereocenters. The second kappa shape index (κ2) is 8.82. The average molecular weight is 407 g/mol. The van der Waals surface area contributed by atoms with Crippen LogP contribution in [-0.4, -0.2) is 44.4 Å². The number of piperidine rings is 1. The third-order valence-corrected chi connectivity index (χ3v) is 6.36. The van der Waals surface area contributed by atoms with Crippen molar-refractivity contribution in [1.82, 2.24) is 19.7 Å². The Hall–Kier alpha value is -2.60. The first-order valence-corrected chi connectivity index (χ1v) is 11.1. The Balaban J connectivity index is 1.65. The summed E-state index contributed by atoms with van der Waals surface area (Å²) in [5.41, 5.74) is 4.49. The van der Waals surface area contributed by atoms with Crippen molar-refractivity contribution in [2.45, 2.75) is 38.3 Å². The van der Waals surface area contributed by atoms with Gasteiger partial charge in [0.2, 0.25) is 5.91 Å². The van der Waals surface area contributed by atoms with E-state index in [4.69, 9.17) is 0 Å². The van der Waals surface area contributed by atoms with E-state index in [0.29, 0.717) is 5.75 Å². The Morgan fingerprint density at radius 2 is 1.72 bits per heavy atom. The Morgan fingerprint density at radius 1 is 0.966 bits per heavy atom. The molecule has 2 heterocycles. The number of hydrogen-bond acceptors (Lipinski definition) is 4. The molecule has 0 aliphatic carbocycles. The van der Waals surface area contributed by atoms with Gasteiger partial charge < -0.3 is 4.90 Å². The first-order chi connectivity index (χ1) is 14.1. The van der Waals surface area contributed by atoms with E-state index in [2.05, 4.69) is 46.8 Å². The number of amides is 1. The number of aryl methyl sites for hydroxylation is 2. The molecule has 6 heteroatoms. The number of nitrogens with zero attached hydrogens (tertiary/aromatic N) is 4. The van der Waals surface area contributed by atoms with E-state index in [1.165, 1.54) is 29.3 Å². The van der Waals surface area contributed by atoms with Gasteiger partial charge in [-0.3, -0.25) is 9.36 Å². The molecule has 4 rings (SSSR count). The molecule has 1 aliphatic heterocycles. The predicted molar refractivity (Wildman–Crippen MR) is 117 cm³/mol. The van der Waals surface area contributed by atoms with E-state index < -0.39 is 0 Å². The summed E-state index contributed by atoms with van der Waals surface area (Å²) >= 11 is 1.47. The van der Waals surface area contributed by atoms with Gasteiger partial charge in [0.1, 0.15) is 0 Å². The maximum Gasteiger partial charge on any atom is 0.233 e. The molecule has 29 heavy (non-hydrogen) atoms. The molecule has 0 N–H and O–H groups in total. The lowest BCUT2D eigenvalue weighted by atomic mass is 10.1. The number of carbonyl (C=O) groups is 1. The van der Waals surface area contributed by atoms with Crippen LogP contribution >= 0.6 is 11.8 Å². The Labute approximate surface area is 176 Å². The van der Waals surface area contributed by atoms with Gasteiger partial charge >= 0.3 is 0 Å². The summed E-state index contributed by atoms with van der Waals surface area (Å²) in [7, 11) is 0. The topological polar surface area (TPSA) is 51.0 Å². The number of likely N-dealkylation sites (tertiary alicyclic amines) is 1. The largest absolute Gasteiger partial charge is 0.342 e. The molecule has 1 aliphatic rings. The zero-order valence-electron chi connectivity index (χ0n) is 17.0. The number of rotatable bonds is 5. The molecule has 3 aromatic rings. The molecule has 0 bridgehead atoms. The van der Waals surface area contributed by atoms with Gasteiger partial charge in [-0.05, 0) is 56.4 Å². The smallest absolute Gasteiger partial charge is 0.233 e. The van der Waals surface area contributed by atoms with E-state index in [1.54, 1.807) is 0 Å². The number of thioether (sulfide) groups is 1. The fourth-order valence-corrected chi connectivity index (χ4v) is 4.45. The molecule has 0 unspecified atom stereocenters. The molecule has 150 valence electrons. The summed E-state index contributed by atoms with van der Waals surface area (Å²) in [5, 5.41) is 9.66. The van der Waals surface area contributed by atoms with Crippen molar-refractivity contribution in [2.24, 2.45) is 0 Å². The highest BCUT2D eigenvalue weighted by molar-refractivity contribution is 7.99. The quantitative estimate of drug-likeness (QED) is 0.579. The van der Waals surface area contributed by atoms with Crippen LogP contribution in [-0.2, 0) is 4.79 Å². The van der Waals surface area contributed by atoms with Crippen LogP contribution in [0, 0.1) is 13.8 Å². The number of carbonyl (C=O) groups excluding carboxylic acids is 1. The van der Waals surface area contributed by atoms with Crippen molar-refractivity contribution >= 4 is 17.7 Å². The van der Waals surface area contributed by atoms with Gasteiger partial charge in [0, 0.05) is 18.7 Å². The highest BCUT2D eigenvalue weighted by Crippen LogP contribution is 2.29. The third kappa shape index (κ3) is 4.37. The van der Waals surface area contributed by atoms with Crippen LogP contribution in [0.25, 0.3) is 17.1 Å². The minimum absolute atomic E-state index is 0.186. The third-order valence-electron chi connectivity index (χ3n) is 5.45. The molecule has 2 aromatic carbocycles. The van der Waals surface area contributed by atoms with Crippen LogP contribution in [0.2, 0.25) is 0 Å². The minimum atomic E-state index is 0.186. The van der Waals surface area contributed by atoms with E-state index in [9.17, 15) is 4.79 Å². The van der Waals surface area contributed by atoms with E-state index in [-0.39, 0.29) is 5.91 Å². The van der Waals surface area contributed by atoms with Gasteiger partial charge in [-0.2, -0.15) is 0 Å². The lowest BCUT2D eigenvalue weighted by Crippen LogP contribution is -2.36. The highest BCUT2D eigenvalue weighted by Gasteiger charge is 2.20. The van der Waals surface area contributed by atoms with Crippen LogP contribution < -0.4 is 0 Å². The normalized spacial score (nSPS) is 14.2. The molecule has 1 fully saturated rings. The van der Waals surface area contributed by atoms with Crippen LogP contribution in [0.15, 0.2) is 53.7 Å². The number of aromatic nitrogens is 3. The van der Waals surface area contributed by atoms with Crippen molar-refractivity contribution < 1.29 is 4.79 Å². The maximum atomic E-state index is 12.6. The Kier molecular flexibility index (Phi) is 6.00. The Morgan fingerprint density at radius 3 is 2.45 bits per heavy atom. The zero-order chi connectivity index (χ0) is 20.2. The molecule has 5 nitrogen and oxygen atoms in total. The molecule has 1 saturated heterocycles. The lowest BCUT2D eigenvalue weighted by Gasteiger charge is -2.26. The van der Waals surface area contributed by atoms with Crippen molar-refractivity contribution in [3.8, 4) is 17.1 Å². The SMILES string of the molecule is Cc1ccc(-n2c(SCC(=O)N3CCCCC3)nnc2-c2ccccc2)cc1C. The van der Waals surface area contributed by atoms with E-state index >= 15 is 0 Å². The zero-order valence-corrected chi connectivity index (χ0v) is 17.8. The van der Waals surface area contributed by atoms with Crippen molar-refractivity contribution in [2.75, 3.05) is 18.8 Å². The van der Waals surface area contributed by atoms with Crippen molar-refractivity contribution in [3.05, 3.63) is 59.7 Å². The highest BCUT2D eigenvalue weighted by atomic mass is 32.2. The van der Waals surface area contributed by atoms with Gasteiger partial charge in [-0.25, -0.2) is 0 Å². The lowest BCUT2D eigenvalue weighted by molar-refractivity contribution is -0.129. The monoisotopic (exact) mass is 406 g/mol. The molecular formula is C23H26N4OS. The summed E-state index contributed by atoms with van der Waals surface area (Å²) in [4.78, 5) is 14.6. The molecular weight excluding hydrogens is 380 g/mol. The molecule has 0 radical (unpaired) electrons. The van der Waals surface area contributed by atoms with Gasteiger partial charge in [-0.15, -0.1) is 10.2 Å². The van der Waals surface area contributed by atoms with Crippen molar-refractivity contribution in [1.29, 1.82) is 0 Å². The molecule has 0 spiro atoms. The molecule has 1 aromatic heterocycles. The first-order valence-electron chi connectivity index (χ1n) is 10.1. The van der Waals surface area contributed by atoms with Crippen LogP contribution in [0.1, 0.15) is 30.4 Å². The maximum absolute atomic E-state index is 12.6. The van der Waals surface area contributed by atoms with E-state index in [1.807, 2.05) is 35.2 Å². The van der Waals surface area contributed by atoms with Crippen molar-refractivity contribution in [3.63, 3.8) is 0 Å². The van der Waals surface area contributed by atoms with Gasteiger partial charge in [-0.1, -0.05) is 48.2 Å². The van der Waals surface area contributed by atoms with Crippen LogP contribution in [0.4, 0.5) is 0 Å². The van der Waals surface area contributed by atoms with E-state index in [0.717, 1.165) is 48.2 Å². The summed E-state index contributed by atoms with van der Waals surface area (Å²) in [5.74, 6) is 1.37. The van der Waals surface area contributed by atoms with Crippen LogP contribution in [0.5, 0.6) is 0 Å². The first kappa shape index (κ1) is 19.7. The fraction of sp³-hybridized carbons (Fsp3) is 0.348. The number of benzene rings is 2. The number of hydrogen-bond donors (Lipinski definition) is 0. The van der Waals surface area contributed by atoms with Gasteiger partial charge in [0.15, 0.2) is 11.0 Å². The van der Waals surface area contributed by atoms with Crippen LogP contribution in [0.3, 0.4) is 0 Å². The summed E-state index contributed by atoms with van der Waals surface area (Å²) in [6, 6.07) is 16.4. The predicted octanol–water partition coefficient (Wildman–Crippen LogP) is 4.66. The van der Waals surface area contributed by atoms with Gasteiger partial charge in [0.25, 0.3) is 0 Å². The molecule has 0 saturated carbocycles.